The van der Waals surface area contributed by atoms with Crippen LogP contribution < -0.4 is 0 Å². The Labute approximate surface area is 93.4 Å². The van der Waals surface area contributed by atoms with Crippen molar-refractivity contribution in [3.63, 3.8) is 0 Å². The van der Waals surface area contributed by atoms with Crippen LogP contribution in [-0.4, -0.2) is 22.6 Å². The van der Waals surface area contributed by atoms with E-state index in [0.29, 0.717) is 19.5 Å². The number of carboxylic acids is 1. The van der Waals surface area contributed by atoms with Crippen molar-refractivity contribution in [3.05, 3.63) is 29.8 Å². The number of benzene rings is 1. The summed E-state index contributed by atoms with van der Waals surface area (Å²) in [5, 5.41) is 18.4. The van der Waals surface area contributed by atoms with Crippen LogP contribution in [0.15, 0.2) is 34.6 Å². The van der Waals surface area contributed by atoms with Gasteiger partial charge in [0, 0.05) is 18.5 Å². The van der Waals surface area contributed by atoms with Gasteiger partial charge < -0.3 is 5.11 Å². The first-order chi connectivity index (χ1) is 7.75. The Bertz CT molecular complexity index is 417. The Morgan fingerprint density at radius 3 is 3.06 bits per heavy atom. The van der Waals surface area contributed by atoms with Gasteiger partial charge in [0.2, 0.25) is 0 Å². The van der Waals surface area contributed by atoms with Gasteiger partial charge in [-0.3, -0.25) is 9.80 Å². The summed E-state index contributed by atoms with van der Waals surface area (Å²) in [5.41, 5.74) is 2.03. The van der Waals surface area contributed by atoms with Crippen LogP contribution in [0, 0.1) is 0 Å². The first-order valence-electron chi connectivity index (χ1n) is 5.22. The van der Waals surface area contributed by atoms with Crippen molar-refractivity contribution in [1.82, 2.24) is 5.01 Å². The van der Waals surface area contributed by atoms with Crippen LogP contribution in [0.4, 0.5) is 5.69 Å². The summed E-state index contributed by atoms with van der Waals surface area (Å²) in [7, 11) is 0. The normalized spacial score (nSPS) is 13.6. The first kappa shape index (κ1) is 10.6. The standard InChI is InChI=1S/C11H13N3O2/c15-11(16)6-3-7-14-8-9-4-1-2-5-10(9)12-13-14/h1-2,4-5H,3,6-8H2,(H,15,16). The number of fused-ring (bicyclic) bond motifs is 1. The lowest BCUT2D eigenvalue weighted by Crippen LogP contribution is -2.20. The predicted octanol–water partition coefficient (Wildman–Crippen LogP) is 2.37. The van der Waals surface area contributed by atoms with E-state index in [1.54, 1.807) is 5.01 Å². The van der Waals surface area contributed by atoms with Crippen LogP contribution in [0.1, 0.15) is 18.4 Å². The maximum absolute atomic E-state index is 10.4. The second-order valence-electron chi connectivity index (χ2n) is 3.70. The molecule has 1 N–H and O–H groups in total. The quantitative estimate of drug-likeness (QED) is 0.845. The molecule has 5 nitrogen and oxygen atoms in total. The molecule has 0 spiro atoms. The molecule has 84 valence electrons. The summed E-state index contributed by atoms with van der Waals surface area (Å²) in [4.78, 5) is 10.4. The molecule has 0 unspecified atom stereocenters. The number of aliphatic carboxylic acids is 1. The number of hydrogen-bond donors (Lipinski definition) is 1. The molecule has 0 aromatic heterocycles. The van der Waals surface area contributed by atoms with Crippen LogP contribution >= 0.6 is 0 Å². The zero-order valence-electron chi connectivity index (χ0n) is 8.83. The summed E-state index contributed by atoms with van der Waals surface area (Å²) >= 11 is 0. The summed E-state index contributed by atoms with van der Waals surface area (Å²) in [6, 6.07) is 7.83. The lowest BCUT2D eigenvalue weighted by atomic mass is 10.1. The van der Waals surface area contributed by atoms with Gasteiger partial charge in [0.25, 0.3) is 0 Å². The molecule has 1 heterocycles. The molecule has 0 radical (unpaired) electrons. The molecule has 0 fully saturated rings. The van der Waals surface area contributed by atoms with Crippen LogP contribution in [-0.2, 0) is 11.3 Å². The van der Waals surface area contributed by atoms with E-state index in [-0.39, 0.29) is 6.42 Å². The van der Waals surface area contributed by atoms with Crippen molar-refractivity contribution < 1.29 is 9.90 Å². The third kappa shape index (κ3) is 2.56. The molecule has 5 heteroatoms. The third-order valence-corrected chi connectivity index (χ3v) is 2.43. The van der Waals surface area contributed by atoms with Crippen LogP contribution in [0.3, 0.4) is 0 Å². The van der Waals surface area contributed by atoms with Gasteiger partial charge in [0.05, 0.1) is 12.2 Å². The predicted molar refractivity (Wildman–Crippen MR) is 58.2 cm³/mol. The van der Waals surface area contributed by atoms with Crippen LogP contribution in [0.25, 0.3) is 0 Å². The molecule has 16 heavy (non-hydrogen) atoms. The van der Waals surface area contributed by atoms with Gasteiger partial charge in [-0.25, -0.2) is 0 Å². The molecule has 1 aliphatic rings. The van der Waals surface area contributed by atoms with E-state index in [4.69, 9.17) is 5.11 Å². The van der Waals surface area contributed by atoms with Gasteiger partial charge in [-0.1, -0.05) is 23.4 Å². The molecule has 1 aliphatic heterocycles. The fraction of sp³-hybridized carbons (Fsp3) is 0.364. The Balaban J connectivity index is 1.91. The Hall–Kier alpha value is -1.91. The molecule has 0 atom stereocenters. The molecule has 0 aliphatic carbocycles. The van der Waals surface area contributed by atoms with Gasteiger partial charge in [-0.15, -0.1) is 5.11 Å². The molecule has 0 bridgehead atoms. The Kier molecular flexibility index (Phi) is 3.14. The van der Waals surface area contributed by atoms with E-state index in [1.807, 2.05) is 24.3 Å². The van der Waals surface area contributed by atoms with Crippen LogP contribution in [0.2, 0.25) is 0 Å². The van der Waals surface area contributed by atoms with E-state index in [2.05, 4.69) is 10.3 Å². The summed E-state index contributed by atoms with van der Waals surface area (Å²) in [6.45, 7) is 1.34. The number of rotatable bonds is 4. The number of hydrogen-bond acceptors (Lipinski definition) is 4. The Morgan fingerprint density at radius 2 is 2.25 bits per heavy atom. The van der Waals surface area contributed by atoms with Gasteiger partial charge in [0.15, 0.2) is 0 Å². The zero-order valence-corrected chi connectivity index (χ0v) is 8.83. The minimum atomic E-state index is -0.769. The molecular formula is C11H13N3O2. The van der Waals surface area contributed by atoms with Crippen molar-refractivity contribution in [2.24, 2.45) is 10.3 Å². The van der Waals surface area contributed by atoms with Crippen molar-refractivity contribution in [2.75, 3.05) is 6.54 Å². The maximum atomic E-state index is 10.4. The highest BCUT2D eigenvalue weighted by Crippen LogP contribution is 2.25. The monoisotopic (exact) mass is 219 g/mol. The van der Waals surface area contributed by atoms with Crippen molar-refractivity contribution in [3.8, 4) is 0 Å². The summed E-state index contributed by atoms with van der Waals surface area (Å²) in [6.07, 6.45) is 0.768. The first-order valence-corrected chi connectivity index (χ1v) is 5.22. The second kappa shape index (κ2) is 4.74. The Morgan fingerprint density at radius 1 is 1.44 bits per heavy atom. The van der Waals surface area contributed by atoms with E-state index in [9.17, 15) is 4.79 Å². The van der Waals surface area contributed by atoms with E-state index in [1.165, 1.54) is 0 Å². The van der Waals surface area contributed by atoms with Gasteiger partial charge >= 0.3 is 5.97 Å². The highest BCUT2D eigenvalue weighted by Gasteiger charge is 2.12. The highest BCUT2D eigenvalue weighted by atomic mass is 16.4. The smallest absolute Gasteiger partial charge is 0.303 e. The lowest BCUT2D eigenvalue weighted by molar-refractivity contribution is -0.137. The minimum absolute atomic E-state index is 0.174. The van der Waals surface area contributed by atoms with Crippen molar-refractivity contribution in [2.45, 2.75) is 19.4 Å². The number of carbonyl (C=O) groups is 1. The molecule has 0 saturated carbocycles. The van der Waals surface area contributed by atoms with Gasteiger partial charge in [-0.05, 0) is 12.5 Å². The van der Waals surface area contributed by atoms with Gasteiger partial charge in [-0.2, -0.15) is 0 Å². The van der Waals surface area contributed by atoms with Crippen LogP contribution in [0.5, 0.6) is 0 Å². The lowest BCUT2D eigenvalue weighted by Gasteiger charge is -2.21. The zero-order chi connectivity index (χ0) is 11.4. The average Bonchev–Trinajstić information content (AvgIpc) is 2.28. The average molecular weight is 219 g/mol. The minimum Gasteiger partial charge on any atom is -0.481 e. The molecule has 0 amide bonds. The SMILES string of the molecule is O=C(O)CCCN1Cc2ccccc2N=N1. The van der Waals surface area contributed by atoms with E-state index >= 15 is 0 Å². The molecular weight excluding hydrogens is 206 g/mol. The summed E-state index contributed by atoms with van der Waals surface area (Å²) < 4.78 is 0. The van der Waals surface area contributed by atoms with Crippen molar-refractivity contribution in [1.29, 1.82) is 0 Å². The third-order valence-electron chi connectivity index (χ3n) is 2.43. The molecule has 0 saturated heterocycles. The molecule has 2 rings (SSSR count). The summed E-state index contributed by atoms with van der Waals surface area (Å²) in [5.74, 6) is -0.769. The highest BCUT2D eigenvalue weighted by molar-refractivity contribution is 5.66. The molecule has 1 aromatic carbocycles. The van der Waals surface area contributed by atoms with E-state index in [0.717, 1.165) is 11.3 Å². The fourth-order valence-corrected chi connectivity index (χ4v) is 1.62. The maximum Gasteiger partial charge on any atom is 0.303 e. The fourth-order valence-electron chi connectivity index (χ4n) is 1.62. The van der Waals surface area contributed by atoms with Crippen molar-refractivity contribution >= 4 is 11.7 Å². The second-order valence-corrected chi connectivity index (χ2v) is 3.70. The topological polar surface area (TPSA) is 65.3 Å². The number of nitrogens with zero attached hydrogens (tertiary/aromatic N) is 3. The van der Waals surface area contributed by atoms with E-state index < -0.39 is 5.97 Å². The van der Waals surface area contributed by atoms with Gasteiger partial charge in [0.1, 0.15) is 0 Å². The number of carboxylic acid groups (broad SMARTS) is 1. The largest absolute Gasteiger partial charge is 0.481 e. The molecule has 1 aromatic rings.